The number of allylic oxidation sites excluding steroid dienone is 2. The number of halogens is 1. The predicted octanol–water partition coefficient (Wildman–Crippen LogP) is 4.27. The first-order chi connectivity index (χ1) is 15.0. The van der Waals surface area contributed by atoms with Gasteiger partial charge >= 0.3 is 0 Å². The highest BCUT2D eigenvalue weighted by Crippen LogP contribution is 2.65. The second kappa shape index (κ2) is 6.89. The number of Topliss-reactive ketones (excluding diaryl/α,β-unsaturated/α-hetero) is 1. The van der Waals surface area contributed by atoms with E-state index in [9.17, 15) is 14.4 Å². The Morgan fingerprint density at radius 2 is 1.61 bits per heavy atom. The number of hydrogen-bond acceptors (Lipinski definition) is 4. The van der Waals surface area contributed by atoms with Gasteiger partial charge in [-0.3, -0.25) is 14.4 Å². The molecule has 156 valence electrons. The van der Waals surface area contributed by atoms with Gasteiger partial charge in [0.1, 0.15) is 5.75 Å². The van der Waals surface area contributed by atoms with Crippen molar-refractivity contribution < 1.29 is 19.1 Å². The Balaban J connectivity index is 1.20. The summed E-state index contributed by atoms with van der Waals surface area (Å²) in [7, 11) is 0. The molecule has 1 saturated heterocycles. The summed E-state index contributed by atoms with van der Waals surface area (Å²) in [6.45, 7) is -0.115. The normalized spacial score (nSPS) is 32.1. The van der Waals surface area contributed by atoms with E-state index >= 15 is 0 Å². The maximum absolute atomic E-state index is 13.3. The van der Waals surface area contributed by atoms with E-state index in [4.69, 9.17) is 4.74 Å². The molecule has 7 rings (SSSR count). The summed E-state index contributed by atoms with van der Waals surface area (Å²) in [5.41, 5.74) is 1.08. The van der Waals surface area contributed by atoms with Crippen LogP contribution in [-0.4, -0.2) is 24.2 Å². The van der Waals surface area contributed by atoms with Gasteiger partial charge in [-0.15, -0.1) is 0 Å². The fourth-order valence-electron chi connectivity index (χ4n) is 5.79. The number of nitrogens with zero attached hydrogens (tertiary/aromatic N) is 1. The van der Waals surface area contributed by atoms with E-state index in [-0.39, 0.29) is 47.9 Å². The molecule has 6 heteroatoms. The van der Waals surface area contributed by atoms with E-state index in [1.807, 2.05) is 12.1 Å². The van der Waals surface area contributed by atoms with Crippen molar-refractivity contribution >= 4 is 39.2 Å². The smallest absolute Gasteiger partial charge is 0.238 e. The Morgan fingerprint density at radius 3 is 2.26 bits per heavy atom. The quantitative estimate of drug-likeness (QED) is 0.366. The molecule has 0 N–H and O–H groups in total. The first-order valence-corrected chi connectivity index (χ1v) is 11.4. The van der Waals surface area contributed by atoms with Gasteiger partial charge in [-0.1, -0.05) is 46.3 Å². The van der Waals surface area contributed by atoms with E-state index in [1.165, 1.54) is 4.90 Å². The summed E-state index contributed by atoms with van der Waals surface area (Å²) in [5.74, 6) is 1.23. The molecule has 31 heavy (non-hydrogen) atoms. The number of carbonyl (C=O) groups is 3. The molecule has 2 aromatic carbocycles. The molecule has 0 spiro atoms. The summed E-state index contributed by atoms with van der Waals surface area (Å²) in [4.78, 5) is 40.3. The Hall–Kier alpha value is -2.73. The zero-order chi connectivity index (χ0) is 21.3. The lowest BCUT2D eigenvalue weighted by Crippen LogP contribution is -2.40. The van der Waals surface area contributed by atoms with E-state index in [0.29, 0.717) is 28.8 Å². The van der Waals surface area contributed by atoms with Crippen LogP contribution >= 0.6 is 15.9 Å². The van der Waals surface area contributed by atoms with E-state index < -0.39 is 0 Å². The molecule has 0 unspecified atom stereocenters. The van der Waals surface area contributed by atoms with Crippen molar-refractivity contribution in [3.63, 3.8) is 0 Å². The number of carbonyl (C=O) groups excluding carboxylic acids is 3. The van der Waals surface area contributed by atoms with Crippen LogP contribution in [0, 0.1) is 35.5 Å². The summed E-state index contributed by atoms with van der Waals surface area (Å²) in [6.07, 6.45) is 5.48. The third kappa shape index (κ3) is 2.92. The molecule has 5 nitrogen and oxygen atoms in total. The fourth-order valence-corrected chi connectivity index (χ4v) is 6.06. The lowest BCUT2D eigenvalue weighted by molar-refractivity contribution is -0.124. The average molecular weight is 478 g/mol. The van der Waals surface area contributed by atoms with Crippen molar-refractivity contribution in [3.8, 4) is 5.75 Å². The molecule has 6 atom stereocenters. The van der Waals surface area contributed by atoms with Gasteiger partial charge in [-0.25, -0.2) is 4.90 Å². The molecule has 2 saturated carbocycles. The minimum absolute atomic E-state index is 0.0946. The van der Waals surface area contributed by atoms with Gasteiger partial charge in [-0.2, -0.15) is 0 Å². The van der Waals surface area contributed by atoms with Gasteiger partial charge in [0.15, 0.2) is 12.4 Å². The van der Waals surface area contributed by atoms with Gasteiger partial charge in [0.05, 0.1) is 17.5 Å². The van der Waals surface area contributed by atoms with Crippen LogP contribution in [0.1, 0.15) is 16.8 Å². The van der Waals surface area contributed by atoms with Crippen molar-refractivity contribution in [1.82, 2.24) is 0 Å². The summed E-state index contributed by atoms with van der Waals surface area (Å²) in [6, 6.07) is 14.0. The maximum atomic E-state index is 13.3. The van der Waals surface area contributed by atoms with Gasteiger partial charge in [0, 0.05) is 16.1 Å². The average Bonchev–Trinajstić information content (AvgIpc) is 3.56. The van der Waals surface area contributed by atoms with Crippen LogP contribution in [0.15, 0.2) is 65.2 Å². The number of ketones is 1. The highest BCUT2D eigenvalue weighted by atomic mass is 79.9. The van der Waals surface area contributed by atoms with E-state index in [0.717, 1.165) is 10.9 Å². The first kappa shape index (κ1) is 19.0. The van der Waals surface area contributed by atoms with Crippen molar-refractivity contribution in [2.24, 2.45) is 35.5 Å². The Kier molecular flexibility index (Phi) is 4.22. The van der Waals surface area contributed by atoms with Gasteiger partial charge in [-0.05, 0) is 54.4 Å². The van der Waals surface area contributed by atoms with E-state index in [2.05, 4.69) is 28.1 Å². The van der Waals surface area contributed by atoms with Gasteiger partial charge in [0.2, 0.25) is 11.8 Å². The minimum atomic E-state index is -0.227. The Morgan fingerprint density at radius 1 is 0.968 bits per heavy atom. The number of anilines is 1. The van der Waals surface area contributed by atoms with Crippen LogP contribution in [-0.2, 0) is 9.59 Å². The van der Waals surface area contributed by atoms with Crippen molar-refractivity contribution in [2.45, 2.75) is 6.42 Å². The zero-order valence-corrected chi connectivity index (χ0v) is 18.2. The van der Waals surface area contributed by atoms with Crippen LogP contribution < -0.4 is 9.64 Å². The lowest BCUT2D eigenvalue weighted by atomic mass is 9.63. The molecule has 4 aliphatic carbocycles. The lowest BCUT2D eigenvalue weighted by Gasteiger charge is -2.37. The van der Waals surface area contributed by atoms with E-state index in [1.54, 1.807) is 36.4 Å². The number of imide groups is 1. The summed E-state index contributed by atoms with van der Waals surface area (Å²) >= 11 is 3.35. The third-order valence-electron chi connectivity index (χ3n) is 7.27. The van der Waals surface area contributed by atoms with Crippen LogP contribution in [0.25, 0.3) is 0 Å². The van der Waals surface area contributed by atoms with Gasteiger partial charge < -0.3 is 4.74 Å². The molecule has 0 aromatic heterocycles. The monoisotopic (exact) mass is 477 g/mol. The summed E-state index contributed by atoms with van der Waals surface area (Å²) in [5, 5.41) is 0. The number of benzene rings is 2. The SMILES string of the molecule is O=C(COc1cccc(N2C(=O)[C@@H]3[C@H]4C=C[C@@H]([C@@H]5C[C@@H]45)[C@H]3C2=O)c1)c1ccc(Br)cc1. The number of rotatable bonds is 5. The molecule has 2 amide bonds. The molecule has 2 aromatic rings. The fraction of sp³-hybridized carbons (Fsp3) is 0.320. The molecule has 3 fully saturated rings. The molecular weight excluding hydrogens is 458 g/mol. The predicted molar refractivity (Wildman–Crippen MR) is 118 cm³/mol. The molecule has 1 heterocycles. The highest BCUT2D eigenvalue weighted by molar-refractivity contribution is 9.10. The van der Waals surface area contributed by atoms with Crippen LogP contribution in [0.5, 0.6) is 5.75 Å². The van der Waals surface area contributed by atoms with Crippen LogP contribution in [0.4, 0.5) is 5.69 Å². The highest BCUT2D eigenvalue weighted by Gasteiger charge is 2.67. The molecule has 0 radical (unpaired) electrons. The van der Waals surface area contributed by atoms with Gasteiger partial charge in [0.25, 0.3) is 0 Å². The Bertz CT molecular complexity index is 1100. The molecule has 1 aliphatic heterocycles. The van der Waals surface area contributed by atoms with Crippen molar-refractivity contribution in [1.29, 1.82) is 0 Å². The van der Waals surface area contributed by atoms with Crippen LogP contribution in [0.2, 0.25) is 0 Å². The maximum Gasteiger partial charge on any atom is 0.238 e. The summed E-state index contributed by atoms with van der Waals surface area (Å²) < 4.78 is 6.60. The van der Waals surface area contributed by atoms with Crippen molar-refractivity contribution in [2.75, 3.05) is 11.5 Å². The Labute approximate surface area is 188 Å². The number of amides is 2. The minimum Gasteiger partial charge on any atom is -0.485 e. The topological polar surface area (TPSA) is 63.7 Å². The standard InChI is InChI=1S/C25H20BrNO4/c26-14-6-4-13(5-7-14)21(28)12-31-16-3-1-2-15(10-16)27-24(29)22-17-8-9-18(20-11-19(17)20)23(22)25(27)30/h1-10,17-20,22-23H,11-12H2/t17-,18-,19-,20-,22+,23+/m0/s1. The largest absolute Gasteiger partial charge is 0.485 e. The third-order valence-corrected chi connectivity index (χ3v) is 7.80. The number of ether oxygens (including phenoxy) is 1. The zero-order valence-electron chi connectivity index (χ0n) is 16.6. The van der Waals surface area contributed by atoms with Crippen molar-refractivity contribution in [3.05, 3.63) is 70.7 Å². The second-order valence-corrected chi connectivity index (χ2v) is 9.80. The van der Waals surface area contributed by atoms with Crippen LogP contribution in [0.3, 0.4) is 0 Å². The first-order valence-electron chi connectivity index (χ1n) is 10.6. The molecule has 5 aliphatic rings. The number of hydrogen-bond donors (Lipinski definition) is 0. The molecular formula is C25H20BrNO4. The molecule has 2 bridgehead atoms. The second-order valence-electron chi connectivity index (χ2n) is 8.88.